The molecule has 1 aliphatic rings. The Kier molecular flexibility index (Phi) is 3.98. The molecular weight excluding hydrogens is 314 g/mol. The number of ketones is 1. The number of Topliss-reactive ketones (excluding diaryl/α,β-unsaturated/α-hetero) is 1. The summed E-state index contributed by atoms with van der Waals surface area (Å²) in [7, 11) is 0. The molecule has 1 aromatic heterocycles. The van der Waals surface area contributed by atoms with Crippen molar-refractivity contribution in [3.8, 4) is 0 Å². The number of aromatic amines is 1. The van der Waals surface area contributed by atoms with Crippen molar-refractivity contribution in [1.29, 1.82) is 0 Å². The number of rotatable bonds is 4. The van der Waals surface area contributed by atoms with E-state index in [2.05, 4.69) is 15.2 Å². The molecule has 1 fully saturated rings. The van der Waals surface area contributed by atoms with Crippen LogP contribution in [0.2, 0.25) is 0 Å². The summed E-state index contributed by atoms with van der Waals surface area (Å²) in [6, 6.07) is 15.1. The largest absolute Gasteiger partial charge is 0.372 e. The highest BCUT2D eigenvalue weighted by molar-refractivity contribution is 6.48. The minimum Gasteiger partial charge on any atom is -0.372 e. The molecule has 25 heavy (non-hydrogen) atoms. The summed E-state index contributed by atoms with van der Waals surface area (Å²) in [6.07, 6.45) is 4.03. The van der Waals surface area contributed by atoms with E-state index >= 15 is 0 Å². The van der Waals surface area contributed by atoms with Gasteiger partial charge in [0.15, 0.2) is 0 Å². The highest BCUT2D eigenvalue weighted by Gasteiger charge is 2.20. The van der Waals surface area contributed by atoms with Gasteiger partial charge in [-0.05, 0) is 43.2 Å². The van der Waals surface area contributed by atoms with Crippen molar-refractivity contribution in [3.63, 3.8) is 0 Å². The Morgan fingerprint density at radius 3 is 2.44 bits per heavy atom. The van der Waals surface area contributed by atoms with Crippen LogP contribution < -0.4 is 10.2 Å². The number of fused-ring (bicyclic) bond motifs is 1. The fourth-order valence-corrected chi connectivity index (χ4v) is 3.30. The second-order valence-corrected chi connectivity index (χ2v) is 6.27. The molecule has 2 heterocycles. The molecule has 5 nitrogen and oxygen atoms in total. The summed E-state index contributed by atoms with van der Waals surface area (Å²) in [5.41, 5.74) is 3.01. The number of benzene rings is 2. The minimum absolute atomic E-state index is 0.391. The van der Waals surface area contributed by atoms with Crippen LogP contribution in [0.25, 0.3) is 10.9 Å². The van der Waals surface area contributed by atoms with Gasteiger partial charge in [0, 0.05) is 41.6 Å². The van der Waals surface area contributed by atoms with Gasteiger partial charge in [0.25, 0.3) is 11.7 Å². The number of para-hydroxylation sites is 1. The van der Waals surface area contributed by atoms with Gasteiger partial charge in [-0.3, -0.25) is 9.59 Å². The summed E-state index contributed by atoms with van der Waals surface area (Å²) in [4.78, 5) is 30.1. The molecule has 1 aliphatic heterocycles. The van der Waals surface area contributed by atoms with Crippen LogP contribution in [0.4, 0.5) is 11.4 Å². The summed E-state index contributed by atoms with van der Waals surface area (Å²) in [5.74, 6) is -1.17. The van der Waals surface area contributed by atoms with E-state index in [1.807, 2.05) is 48.5 Å². The van der Waals surface area contributed by atoms with Gasteiger partial charge in [-0.2, -0.15) is 0 Å². The molecule has 0 radical (unpaired) electrons. The van der Waals surface area contributed by atoms with Crippen LogP contribution in [0.5, 0.6) is 0 Å². The van der Waals surface area contributed by atoms with Crippen molar-refractivity contribution in [2.45, 2.75) is 12.8 Å². The molecule has 2 aromatic carbocycles. The number of hydrogen-bond acceptors (Lipinski definition) is 3. The van der Waals surface area contributed by atoms with Gasteiger partial charge in [0.1, 0.15) is 0 Å². The molecule has 2 N–H and O–H groups in total. The van der Waals surface area contributed by atoms with E-state index in [1.54, 1.807) is 6.20 Å². The zero-order valence-corrected chi connectivity index (χ0v) is 13.8. The maximum atomic E-state index is 12.5. The topological polar surface area (TPSA) is 65.2 Å². The Morgan fingerprint density at radius 1 is 0.960 bits per heavy atom. The van der Waals surface area contributed by atoms with Crippen molar-refractivity contribution in [2.75, 3.05) is 23.3 Å². The zero-order chi connectivity index (χ0) is 17.2. The van der Waals surface area contributed by atoms with Gasteiger partial charge in [0.05, 0.1) is 5.56 Å². The van der Waals surface area contributed by atoms with Crippen LogP contribution in [-0.2, 0) is 4.79 Å². The van der Waals surface area contributed by atoms with Crippen LogP contribution in [-0.4, -0.2) is 29.8 Å². The summed E-state index contributed by atoms with van der Waals surface area (Å²) >= 11 is 0. The van der Waals surface area contributed by atoms with Crippen molar-refractivity contribution >= 4 is 34.0 Å². The maximum Gasteiger partial charge on any atom is 0.296 e. The molecule has 1 amide bonds. The average Bonchev–Trinajstić information content (AvgIpc) is 3.31. The molecule has 126 valence electrons. The Labute approximate surface area is 145 Å². The number of carbonyl (C=O) groups excluding carboxylic acids is 2. The van der Waals surface area contributed by atoms with Crippen LogP contribution in [0.3, 0.4) is 0 Å². The minimum atomic E-state index is -0.626. The summed E-state index contributed by atoms with van der Waals surface area (Å²) in [5, 5.41) is 3.45. The SMILES string of the molecule is O=C(Nc1ccc(N2CCCC2)cc1)C(=O)c1c[nH]c2ccccc12. The first-order chi connectivity index (χ1) is 12.2. The van der Waals surface area contributed by atoms with Gasteiger partial charge in [-0.1, -0.05) is 18.2 Å². The van der Waals surface area contributed by atoms with Crippen molar-refractivity contribution < 1.29 is 9.59 Å². The quantitative estimate of drug-likeness (QED) is 0.566. The Morgan fingerprint density at radius 2 is 1.68 bits per heavy atom. The molecule has 0 unspecified atom stereocenters. The van der Waals surface area contributed by atoms with E-state index in [4.69, 9.17) is 0 Å². The lowest BCUT2D eigenvalue weighted by Crippen LogP contribution is -2.23. The lowest BCUT2D eigenvalue weighted by Gasteiger charge is -2.17. The molecule has 1 saturated heterocycles. The van der Waals surface area contributed by atoms with E-state index in [-0.39, 0.29) is 0 Å². The first kappa shape index (κ1) is 15.4. The Hall–Kier alpha value is -3.08. The Balaban J connectivity index is 1.48. The molecule has 0 saturated carbocycles. The van der Waals surface area contributed by atoms with Crippen LogP contribution in [0, 0.1) is 0 Å². The fourth-order valence-electron chi connectivity index (χ4n) is 3.30. The van der Waals surface area contributed by atoms with Crippen LogP contribution in [0.15, 0.2) is 54.7 Å². The van der Waals surface area contributed by atoms with Gasteiger partial charge in [-0.25, -0.2) is 0 Å². The standard InChI is InChI=1S/C20H19N3O2/c24-19(17-13-21-18-6-2-1-5-16(17)18)20(25)22-14-7-9-15(10-8-14)23-11-3-4-12-23/h1-2,5-10,13,21H,3-4,11-12H2,(H,22,25). The van der Waals surface area contributed by atoms with Crippen molar-refractivity contribution in [3.05, 3.63) is 60.3 Å². The highest BCUT2D eigenvalue weighted by atomic mass is 16.2. The van der Waals surface area contributed by atoms with E-state index in [9.17, 15) is 9.59 Å². The predicted octanol–water partition coefficient (Wildman–Crippen LogP) is 3.59. The molecule has 5 heteroatoms. The monoisotopic (exact) mass is 333 g/mol. The van der Waals surface area contributed by atoms with E-state index in [0.29, 0.717) is 11.3 Å². The third-order valence-corrected chi connectivity index (χ3v) is 4.64. The lowest BCUT2D eigenvalue weighted by atomic mass is 10.1. The fraction of sp³-hybridized carbons (Fsp3) is 0.200. The summed E-state index contributed by atoms with van der Waals surface area (Å²) < 4.78 is 0. The normalized spacial score (nSPS) is 14.0. The van der Waals surface area contributed by atoms with Gasteiger partial charge < -0.3 is 15.2 Å². The first-order valence-electron chi connectivity index (χ1n) is 8.49. The lowest BCUT2D eigenvalue weighted by molar-refractivity contribution is -0.112. The number of carbonyl (C=O) groups is 2. The molecule has 0 aliphatic carbocycles. The maximum absolute atomic E-state index is 12.5. The van der Waals surface area contributed by atoms with Gasteiger partial charge >= 0.3 is 0 Å². The molecule has 0 atom stereocenters. The van der Waals surface area contributed by atoms with E-state index in [0.717, 1.165) is 29.7 Å². The molecular formula is C20H19N3O2. The molecule has 3 aromatic rings. The van der Waals surface area contributed by atoms with Crippen LogP contribution in [0.1, 0.15) is 23.2 Å². The van der Waals surface area contributed by atoms with Gasteiger partial charge in [-0.15, -0.1) is 0 Å². The van der Waals surface area contributed by atoms with Crippen molar-refractivity contribution in [1.82, 2.24) is 4.98 Å². The third-order valence-electron chi connectivity index (χ3n) is 4.64. The summed E-state index contributed by atoms with van der Waals surface area (Å²) in [6.45, 7) is 2.15. The number of anilines is 2. The number of nitrogens with zero attached hydrogens (tertiary/aromatic N) is 1. The Bertz CT molecular complexity index is 922. The number of hydrogen-bond donors (Lipinski definition) is 2. The predicted molar refractivity (Wildman–Crippen MR) is 99.1 cm³/mol. The number of H-pyrrole nitrogens is 1. The highest BCUT2D eigenvalue weighted by Crippen LogP contribution is 2.23. The molecule has 0 bridgehead atoms. The van der Waals surface area contributed by atoms with Crippen molar-refractivity contribution in [2.24, 2.45) is 0 Å². The number of aromatic nitrogens is 1. The second-order valence-electron chi connectivity index (χ2n) is 6.27. The smallest absolute Gasteiger partial charge is 0.296 e. The molecule has 0 spiro atoms. The number of amides is 1. The second kappa shape index (κ2) is 6.43. The zero-order valence-electron chi connectivity index (χ0n) is 13.8. The molecule has 4 rings (SSSR count). The number of nitrogens with one attached hydrogen (secondary N) is 2. The van der Waals surface area contributed by atoms with E-state index in [1.165, 1.54) is 12.8 Å². The van der Waals surface area contributed by atoms with Gasteiger partial charge in [0.2, 0.25) is 0 Å². The average molecular weight is 333 g/mol. The van der Waals surface area contributed by atoms with Crippen LogP contribution >= 0.6 is 0 Å². The third kappa shape index (κ3) is 3.01. The first-order valence-corrected chi connectivity index (χ1v) is 8.49. The van der Waals surface area contributed by atoms with E-state index < -0.39 is 11.7 Å².